The van der Waals surface area contributed by atoms with Gasteiger partial charge in [0.1, 0.15) is 10.8 Å². The molecule has 8 heteroatoms. The fourth-order valence-corrected chi connectivity index (χ4v) is 4.11. The topological polar surface area (TPSA) is 81.7 Å². The number of hydrogen-bond acceptors (Lipinski definition) is 6. The van der Waals surface area contributed by atoms with Crippen LogP contribution in [0.4, 0.5) is 5.00 Å². The highest BCUT2D eigenvalue weighted by Crippen LogP contribution is 2.34. The van der Waals surface area contributed by atoms with Crippen LogP contribution in [0.3, 0.4) is 0 Å². The van der Waals surface area contributed by atoms with Crippen molar-refractivity contribution >= 4 is 56.0 Å². The summed E-state index contributed by atoms with van der Waals surface area (Å²) in [7, 11) is 0. The predicted octanol–water partition coefficient (Wildman–Crippen LogP) is 5.25. The van der Waals surface area contributed by atoms with Crippen molar-refractivity contribution in [2.75, 3.05) is 18.5 Å². The standard InChI is InChI=1S/C21H22BrNO5S/c1-5-27-16-9-8-15(22)11-14(16)7-10-17(25)23-20-18(21(26)28-6-2)12(3)19(29-20)13(4)24/h7-11H,5-6H2,1-4H3,(H,23,25)/b10-7+. The Morgan fingerprint density at radius 2 is 1.93 bits per heavy atom. The average Bonchev–Trinajstić information content (AvgIpc) is 2.98. The summed E-state index contributed by atoms with van der Waals surface area (Å²) in [6, 6.07) is 5.50. The van der Waals surface area contributed by atoms with Gasteiger partial charge in [-0.05, 0) is 57.5 Å². The zero-order chi connectivity index (χ0) is 21.6. The molecule has 0 atom stereocenters. The second-order valence-electron chi connectivity index (χ2n) is 5.97. The molecule has 1 aromatic carbocycles. The number of esters is 1. The van der Waals surface area contributed by atoms with Crippen molar-refractivity contribution in [3.63, 3.8) is 0 Å². The van der Waals surface area contributed by atoms with E-state index >= 15 is 0 Å². The zero-order valence-electron chi connectivity index (χ0n) is 16.6. The first-order valence-electron chi connectivity index (χ1n) is 9.01. The number of carbonyl (C=O) groups is 3. The van der Waals surface area contributed by atoms with Crippen molar-refractivity contribution < 1.29 is 23.9 Å². The molecule has 6 nitrogen and oxygen atoms in total. The second-order valence-corrected chi connectivity index (χ2v) is 7.91. The lowest BCUT2D eigenvalue weighted by Crippen LogP contribution is -2.12. The summed E-state index contributed by atoms with van der Waals surface area (Å²) in [5, 5.41) is 2.98. The minimum absolute atomic E-state index is 0.176. The molecule has 0 aliphatic rings. The van der Waals surface area contributed by atoms with Gasteiger partial charge in [0, 0.05) is 16.1 Å². The van der Waals surface area contributed by atoms with E-state index in [1.165, 1.54) is 13.0 Å². The highest BCUT2D eigenvalue weighted by atomic mass is 79.9. The summed E-state index contributed by atoms with van der Waals surface area (Å²) in [5.41, 5.74) is 1.45. The molecule has 0 aliphatic carbocycles. The number of anilines is 1. The molecule has 0 saturated heterocycles. The fraction of sp³-hybridized carbons (Fsp3) is 0.286. The summed E-state index contributed by atoms with van der Waals surface area (Å²) < 4.78 is 11.5. The van der Waals surface area contributed by atoms with Crippen LogP contribution in [0.5, 0.6) is 5.75 Å². The molecule has 2 rings (SSSR count). The molecule has 29 heavy (non-hydrogen) atoms. The van der Waals surface area contributed by atoms with Crippen LogP contribution in [0.2, 0.25) is 0 Å². The molecule has 1 aromatic heterocycles. The van der Waals surface area contributed by atoms with Crippen LogP contribution in [-0.2, 0) is 9.53 Å². The number of ketones is 1. The maximum Gasteiger partial charge on any atom is 0.341 e. The number of amides is 1. The van der Waals surface area contributed by atoms with Gasteiger partial charge in [-0.3, -0.25) is 9.59 Å². The van der Waals surface area contributed by atoms with Crippen LogP contribution in [0, 0.1) is 6.92 Å². The van der Waals surface area contributed by atoms with E-state index in [4.69, 9.17) is 9.47 Å². The van der Waals surface area contributed by atoms with Crippen molar-refractivity contribution in [2.24, 2.45) is 0 Å². The number of rotatable bonds is 8. The maximum atomic E-state index is 12.5. The summed E-state index contributed by atoms with van der Waals surface area (Å²) in [6.45, 7) is 7.35. The van der Waals surface area contributed by atoms with Gasteiger partial charge in [-0.15, -0.1) is 11.3 Å². The van der Waals surface area contributed by atoms with Crippen molar-refractivity contribution in [3.05, 3.63) is 50.3 Å². The minimum Gasteiger partial charge on any atom is -0.493 e. The quantitative estimate of drug-likeness (QED) is 0.317. The van der Waals surface area contributed by atoms with Gasteiger partial charge in [0.05, 0.1) is 23.7 Å². The molecular formula is C21H22BrNO5S. The molecule has 1 N–H and O–H groups in total. The number of hydrogen-bond donors (Lipinski definition) is 1. The molecular weight excluding hydrogens is 458 g/mol. The molecule has 0 unspecified atom stereocenters. The Morgan fingerprint density at radius 3 is 2.55 bits per heavy atom. The lowest BCUT2D eigenvalue weighted by atomic mass is 10.1. The van der Waals surface area contributed by atoms with Gasteiger partial charge in [-0.2, -0.15) is 0 Å². The van der Waals surface area contributed by atoms with E-state index < -0.39 is 11.9 Å². The van der Waals surface area contributed by atoms with E-state index in [-0.39, 0.29) is 18.0 Å². The Kier molecular flexibility index (Phi) is 8.16. The second kappa shape index (κ2) is 10.4. The number of benzene rings is 1. The van der Waals surface area contributed by atoms with Gasteiger partial charge >= 0.3 is 5.97 Å². The van der Waals surface area contributed by atoms with Crippen LogP contribution in [-0.4, -0.2) is 30.9 Å². The maximum absolute atomic E-state index is 12.5. The molecule has 0 spiro atoms. The minimum atomic E-state index is -0.571. The van der Waals surface area contributed by atoms with Crippen LogP contribution < -0.4 is 10.1 Å². The summed E-state index contributed by atoms with van der Waals surface area (Å²) >= 11 is 4.46. The number of Topliss-reactive ketones (excluding diaryl/α,β-unsaturated/α-hetero) is 1. The molecule has 0 radical (unpaired) electrons. The number of carbonyl (C=O) groups excluding carboxylic acids is 3. The van der Waals surface area contributed by atoms with Crippen LogP contribution >= 0.6 is 27.3 Å². The molecule has 1 amide bonds. The lowest BCUT2D eigenvalue weighted by molar-refractivity contribution is -0.111. The first-order chi connectivity index (χ1) is 13.8. The first-order valence-corrected chi connectivity index (χ1v) is 10.6. The van der Waals surface area contributed by atoms with E-state index in [1.807, 2.05) is 25.1 Å². The van der Waals surface area contributed by atoms with E-state index in [1.54, 1.807) is 19.9 Å². The van der Waals surface area contributed by atoms with E-state index in [0.29, 0.717) is 27.8 Å². The van der Waals surface area contributed by atoms with E-state index in [2.05, 4.69) is 21.2 Å². The predicted molar refractivity (Wildman–Crippen MR) is 118 cm³/mol. The SMILES string of the molecule is CCOC(=O)c1c(NC(=O)/C=C/c2cc(Br)ccc2OCC)sc(C(C)=O)c1C. The van der Waals surface area contributed by atoms with Crippen molar-refractivity contribution in [1.82, 2.24) is 0 Å². The summed E-state index contributed by atoms with van der Waals surface area (Å²) in [4.78, 5) is 37.1. The number of halogens is 1. The third kappa shape index (κ3) is 5.77. The Morgan fingerprint density at radius 1 is 1.21 bits per heavy atom. The highest BCUT2D eigenvalue weighted by molar-refractivity contribution is 9.10. The van der Waals surface area contributed by atoms with Gasteiger partial charge in [-0.1, -0.05) is 15.9 Å². The van der Waals surface area contributed by atoms with Crippen LogP contribution in [0.25, 0.3) is 6.08 Å². The molecule has 0 saturated carbocycles. The average molecular weight is 480 g/mol. The van der Waals surface area contributed by atoms with Crippen LogP contribution in [0.15, 0.2) is 28.7 Å². The third-order valence-electron chi connectivity index (χ3n) is 3.87. The van der Waals surface area contributed by atoms with Gasteiger partial charge in [0.2, 0.25) is 5.91 Å². The molecule has 0 bridgehead atoms. The normalized spacial score (nSPS) is 10.8. The molecule has 154 valence electrons. The lowest BCUT2D eigenvalue weighted by Gasteiger charge is -2.08. The molecule has 0 aliphatic heterocycles. The fourth-order valence-electron chi connectivity index (χ4n) is 2.64. The first kappa shape index (κ1) is 22.8. The van der Waals surface area contributed by atoms with Crippen molar-refractivity contribution in [3.8, 4) is 5.75 Å². The van der Waals surface area contributed by atoms with Gasteiger partial charge in [0.25, 0.3) is 0 Å². The largest absolute Gasteiger partial charge is 0.493 e. The van der Waals surface area contributed by atoms with E-state index in [0.717, 1.165) is 21.4 Å². The number of nitrogens with one attached hydrogen (secondary N) is 1. The van der Waals surface area contributed by atoms with Crippen LogP contribution in [0.1, 0.15) is 51.9 Å². The zero-order valence-corrected chi connectivity index (χ0v) is 19.0. The molecule has 0 fully saturated rings. The van der Waals surface area contributed by atoms with Crippen molar-refractivity contribution in [2.45, 2.75) is 27.7 Å². The van der Waals surface area contributed by atoms with Crippen molar-refractivity contribution in [1.29, 1.82) is 0 Å². The number of thiophene rings is 1. The van der Waals surface area contributed by atoms with E-state index in [9.17, 15) is 14.4 Å². The third-order valence-corrected chi connectivity index (χ3v) is 5.67. The van der Waals surface area contributed by atoms with Gasteiger partial charge in [-0.25, -0.2) is 4.79 Å². The monoisotopic (exact) mass is 479 g/mol. The Hall–Kier alpha value is -2.45. The molecule has 1 heterocycles. The Bertz CT molecular complexity index is 964. The summed E-state index contributed by atoms with van der Waals surface area (Å²) in [5.74, 6) is -0.532. The van der Waals surface area contributed by atoms with Gasteiger partial charge in [0.15, 0.2) is 5.78 Å². The summed E-state index contributed by atoms with van der Waals surface area (Å²) in [6.07, 6.45) is 2.98. The van der Waals surface area contributed by atoms with Gasteiger partial charge < -0.3 is 14.8 Å². The highest BCUT2D eigenvalue weighted by Gasteiger charge is 2.24. The molecule has 2 aromatic rings. The smallest absolute Gasteiger partial charge is 0.341 e. The Labute approximate surface area is 182 Å². The number of ether oxygens (including phenoxy) is 2. The Balaban J connectivity index is 2.30.